The van der Waals surface area contributed by atoms with Gasteiger partial charge in [-0.2, -0.15) is 0 Å². The number of amides is 1. The standard InChI is InChI=1S/C9H10N2O3S/c1-15(13,14)11-7-4-2-3-6-5-10-9(12)8(6)7/h2-4,11H,5H2,1H3,(H,10,12). The van der Waals surface area contributed by atoms with Crippen molar-refractivity contribution in [3.8, 4) is 0 Å². The zero-order valence-electron chi connectivity index (χ0n) is 8.07. The zero-order chi connectivity index (χ0) is 11.1. The lowest BCUT2D eigenvalue weighted by molar-refractivity contribution is 0.0966. The van der Waals surface area contributed by atoms with Crippen LogP contribution in [0.15, 0.2) is 18.2 Å². The number of rotatable bonds is 2. The summed E-state index contributed by atoms with van der Waals surface area (Å²) in [7, 11) is -3.35. The van der Waals surface area contributed by atoms with Crippen molar-refractivity contribution in [1.29, 1.82) is 0 Å². The molecule has 0 fully saturated rings. The molecule has 80 valence electrons. The molecule has 1 aliphatic rings. The smallest absolute Gasteiger partial charge is 0.254 e. The fraction of sp³-hybridized carbons (Fsp3) is 0.222. The molecule has 0 spiro atoms. The van der Waals surface area contributed by atoms with Crippen LogP contribution in [0, 0.1) is 0 Å². The molecule has 0 saturated carbocycles. The summed E-state index contributed by atoms with van der Waals surface area (Å²) in [5, 5.41) is 2.64. The Bertz CT molecular complexity index is 522. The molecule has 5 nitrogen and oxygen atoms in total. The highest BCUT2D eigenvalue weighted by molar-refractivity contribution is 7.92. The maximum atomic E-state index is 11.4. The van der Waals surface area contributed by atoms with Crippen LogP contribution in [0.1, 0.15) is 15.9 Å². The first-order chi connectivity index (χ1) is 6.97. The van der Waals surface area contributed by atoms with E-state index in [-0.39, 0.29) is 5.91 Å². The van der Waals surface area contributed by atoms with Gasteiger partial charge < -0.3 is 5.32 Å². The van der Waals surface area contributed by atoms with Gasteiger partial charge in [-0.15, -0.1) is 0 Å². The lowest BCUT2D eigenvalue weighted by Gasteiger charge is -2.07. The maximum Gasteiger partial charge on any atom is 0.254 e. The topological polar surface area (TPSA) is 75.3 Å². The van der Waals surface area contributed by atoms with Crippen LogP contribution in [0.2, 0.25) is 0 Å². The van der Waals surface area contributed by atoms with E-state index < -0.39 is 10.0 Å². The molecule has 0 unspecified atom stereocenters. The van der Waals surface area contributed by atoms with Gasteiger partial charge in [-0.25, -0.2) is 8.42 Å². The first-order valence-corrected chi connectivity index (χ1v) is 6.24. The first-order valence-electron chi connectivity index (χ1n) is 4.35. The lowest BCUT2D eigenvalue weighted by atomic mass is 10.1. The molecule has 0 aromatic heterocycles. The van der Waals surface area contributed by atoms with Crippen molar-refractivity contribution in [1.82, 2.24) is 5.32 Å². The Hall–Kier alpha value is -1.56. The number of carbonyl (C=O) groups excluding carboxylic acids is 1. The van der Waals surface area contributed by atoms with Gasteiger partial charge in [-0.3, -0.25) is 9.52 Å². The number of anilines is 1. The molecular formula is C9H10N2O3S. The van der Waals surface area contributed by atoms with Crippen LogP contribution in [0.3, 0.4) is 0 Å². The van der Waals surface area contributed by atoms with Crippen LogP contribution in [0.4, 0.5) is 5.69 Å². The second-order valence-corrected chi connectivity index (χ2v) is 5.15. The Balaban J connectivity index is 2.50. The maximum absolute atomic E-state index is 11.4. The average molecular weight is 226 g/mol. The van der Waals surface area contributed by atoms with Gasteiger partial charge in [-0.05, 0) is 11.6 Å². The van der Waals surface area contributed by atoms with Gasteiger partial charge in [0.1, 0.15) is 0 Å². The molecule has 0 aliphatic carbocycles. The van der Waals surface area contributed by atoms with E-state index in [0.29, 0.717) is 17.8 Å². The van der Waals surface area contributed by atoms with Crippen LogP contribution in [0.5, 0.6) is 0 Å². The van der Waals surface area contributed by atoms with Gasteiger partial charge in [0.25, 0.3) is 5.91 Å². The van der Waals surface area contributed by atoms with E-state index in [1.54, 1.807) is 18.2 Å². The Kier molecular flexibility index (Phi) is 2.15. The van der Waals surface area contributed by atoms with Crippen molar-refractivity contribution in [3.05, 3.63) is 29.3 Å². The lowest BCUT2D eigenvalue weighted by Crippen LogP contribution is -2.16. The Morgan fingerprint density at radius 1 is 1.40 bits per heavy atom. The Morgan fingerprint density at radius 3 is 2.80 bits per heavy atom. The molecule has 1 heterocycles. The molecule has 1 amide bonds. The molecule has 2 rings (SSSR count). The number of hydrogen-bond donors (Lipinski definition) is 2. The van der Waals surface area contributed by atoms with Crippen LogP contribution in [-0.4, -0.2) is 20.6 Å². The predicted molar refractivity (Wildman–Crippen MR) is 56.1 cm³/mol. The van der Waals surface area contributed by atoms with Gasteiger partial charge in [-0.1, -0.05) is 12.1 Å². The molecular weight excluding hydrogens is 216 g/mol. The SMILES string of the molecule is CS(=O)(=O)Nc1cccc2c1C(=O)NC2. The quantitative estimate of drug-likeness (QED) is 0.761. The summed E-state index contributed by atoms with van der Waals surface area (Å²) in [6, 6.07) is 5.08. The number of nitrogens with one attached hydrogen (secondary N) is 2. The van der Waals surface area contributed by atoms with Gasteiger partial charge in [0.2, 0.25) is 10.0 Å². The normalized spacial score (nSPS) is 14.6. The number of carbonyl (C=O) groups is 1. The molecule has 1 aromatic carbocycles. The van der Waals surface area contributed by atoms with Crippen LogP contribution >= 0.6 is 0 Å². The van der Waals surface area contributed by atoms with E-state index in [4.69, 9.17) is 0 Å². The van der Waals surface area contributed by atoms with E-state index in [2.05, 4.69) is 10.0 Å². The van der Waals surface area contributed by atoms with Crippen LogP contribution in [-0.2, 0) is 16.6 Å². The summed E-state index contributed by atoms with van der Waals surface area (Å²) < 4.78 is 24.5. The molecule has 0 atom stereocenters. The number of sulfonamides is 1. The van der Waals surface area contributed by atoms with E-state index in [9.17, 15) is 13.2 Å². The van der Waals surface area contributed by atoms with Crippen molar-refractivity contribution in [2.75, 3.05) is 11.0 Å². The molecule has 0 radical (unpaired) electrons. The highest BCUT2D eigenvalue weighted by Crippen LogP contribution is 2.24. The summed E-state index contributed by atoms with van der Waals surface area (Å²) in [4.78, 5) is 11.4. The van der Waals surface area contributed by atoms with Gasteiger partial charge >= 0.3 is 0 Å². The molecule has 15 heavy (non-hydrogen) atoms. The average Bonchev–Trinajstić information content (AvgIpc) is 2.46. The number of hydrogen-bond acceptors (Lipinski definition) is 3. The third kappa shape index (κ3) is 1.94. The fourth-order valence-corrected chi connectivity index (χ4v) is 2.13. The van der Waals surface area contributed by atoms with E-state index >= 15 is 0 Å². The predicted octanol–water partition coefficient (Wildman–Crippen LogP) is 0.301. The highest BCUT2D eigenvalue weighted by atomic mass is 32.2. The minimum Gasteiger partial charge on any atom is -0.348 e. The van der Waals surface area contributed by atoms with E-state index in [1.807, 2.05) is 0 Å². The Labute approximate surface area is 87.5 Å². The minimum atomic E-state index is -3.35. The van der Waals surface area contributed by atoms with Gasteiger partial charge in [0.15, 0.2) is 0 Å². The molecule has 6 heteroatoms. The van der Waals surface area contributed by atoms with Crippen molar-refractivity contribution in [2.24, 2.45) is 0 Å². The summed E-state index contributed by atoms with van der Waals surface area (Å²) in [5.74, 6) is -0.239. The highest BCUT2D eigenvalue weighted by Gasteiger charge is 2.23. The molecule has 0 bridgehead atoms. The van der Waals surface area contributed by atoms with Crippen molar-refractivity contribution in [3.63, 3.8) is 0 Å². The molecule has 0 saturated heterocycles. The van der Waals surface area contributed by atoms with Crippen LogP contribution < -0.4 is 10.0 Å². The van der Waals surface area contributed by atoms with Gasteiger partial charge in [0, 0.05) is 6.54 Å². The van der Waals surface area contributed by atoms with Crippen molar-refractivity contribution >= 4 is 21.6 Å². The minimum absolute atomic E-state index is 0.239. The third-order valence-electron chi connectivity index (χ3n) is 2.11. The van der Waals surface area contributed by atoms with Crippen molar-refractivity contribution < 1.29 is 13.2 Å². The van der Waals surface area contributed by atoms with Gasteiger partial charge in [0.05, 0.1) is 17.5 Å². The molecule has 1 aromatic rings. The zero-order valence-corrected chi connectivity index (χ0v) is 8.89. The first kappa shape index (κ1) is 9.97. The summed E-state index contributed by atoms with van der Waals surface area (Å²) >= 11 is 0. The second kappa shape index (κ2) is 3.23. The van der Waals surface area contributed by atoms with Crippen molar-refractivity contribution in [2.45, 2.75) is 6.54 Å². The third-order valence-corrected chi connectivity index (χ3v) is 2.70. The number of fused-ring (bicyclic) bond motifs is 1. The van der Waals surface area contributed by atoms with Crippen LogP contribution in [0.25, 0.3) is 0 Å². The monoisotopic (exact) mass is 226 g/mol. The largest absolute Gasteiger partial charge is 0.348 e. The second-order valence-electron chi connectivity index (χ2n) is 3.40. The Morgan fingerprint density at radius 2 is 2.13 bits per heavy atom. The molecule has 1 aliphatic heterocycles. The summed E-state index contributed by atoms with van der Waals surface area (Å²) in [6.07, 6.45) is 1.05. The molecule has 2 N–H and O–H groups in total. The van der Waals surface area contributed by atoms with E-state index in [1.165, 1.54) is 0 Å². The van der Waals surface area contributed by atoms with E-state index in [0.717, 1.165) is 11.8 Å². The summed E-state index contributed by atoms with van der Waals surface area (Å²) in [6.45, 7) is 0.452. The number of benzene rings is 1. The summed E-state index contributed by atoms with van der Waals surface area (Å²) in [5.41, 5.74) is 1.57. The fourth-order valence-electron chi connectivity index (χ4n) is 1.56.